The first-order valence-electron chi connectivity index (χ1n) is 10.6. The highest BCUT2D eigenvalue weighted by Gasteiger charge is 2.20. The summed E-state index contributed by atoms with van der Waals surface area (Å²) >= 11 is 1.32. The van der Waals surface area contributed by atoms with Gasteiger partial charge in [-0.1, -0.05) is 12.1 Å². The first-order chi connectivity index (χ1) is 15.1. The Bertz CT molecular complexity index is 875. The number of benzene rings is 2. The molecule has 2 aromatic carbocycles. The lowest BCUT2D eigenvalue weighted by atomic mass is 10.2. The van der Waals surface area contributed by atoms with Crippen LogP contribution < -0.4 is 19.7 Å². The van der Waals surface area contributed by atoms with E-state index >= 15 is 0 Å². The molecule has 1 heterocycles. The van der Waals surface area contributed by atoms with Gasteiger partial charge in [0.05, 0.1) is 37.8 Å². The topological polar surface area (TPSA) is 60.0 Å². The van der Waals surface area contributed by atoms with Crippen LogP contribution in [0.2, 0.25) is 0 Å². The Morgan fingerprint density at radius 1 is 1.13 bits per heavy atom. The first kappa shape index (κ1) is 23.2. The predicted molar refractivity (Wildman–Crippen MR) is 122 cm³/mol. The van der Waals surface area contributed by atoms with Gasteiger partial charge in [0.2, 0.25) is 5.91 Å². The van der Waals surface area contributed by atoms with Crippen molar-refractivity contribution in [3.05, 3.63) is 42.2 Å². The Balaban J connectivity index is 1.71. The zero-order valence-electron chi connectivity index (χ0n) is 18.0. The third kappa shape index (κ3) is 6.51. The smallest absolute Gasteiger partial charge is 0.225 e. The quantitative estimate of drug-likeness (QED) is 0.537. The van der Waals surface area contributed by atoms with Crippen molar-refractivity contribution in [3.63, 3.8) is 0 Å². The number of halogens is 1. The van der Waals surface area contributed by atoms with Crippen molar-refractivity contribution in [2.24, 2.45) is 0 Å². The lowest BCUT2D eigenvalue weighted by Gasteiger charge is -2.31. The maximum atomic E-state index is 13.7. The van der Waals surface area contributed by atoms with Gasteiger partial charge in [0.1, 0.15) is 17.3 Å². The van der Waals surface area contributed by atoms with Gasteiger partial charge in [0, 0.05) is 42.3 Å². The Labute approximate surface area is 187 Å². The van der Waals surface area contributed by atoms with Gasteiger partial charge in [-0.05, 0) is 26.0 Å². The number of morpholine rings is 1. The first-order valence-corrected chi connectivity index (χ1v) is 11.5. The molecule has 8 heteroatoms. The number of carbonyl (C=O) groups is 1. The summed E-state index contributed by atoms with van der Waals surface area (Å²) in [7, 11) is 0. The van der Waals surface area contributed by atoms with Crippen molar-refractivity contribution in [3.8, 4) is 11.5 Å². The summed E-state index contributed by atoms with van der Waals surface area (Å²) in [6.45, 7) is 7.68. The number of hydrogen-bond donors (Lipinski definition) is 1. The molecule has 1 N–H and O–H groups in total. The van der Waals surface area contributed by atoms with Crippen molar-refractivity contribution < 1.29 is 23.4 Å². The van der Waals surface area contributed by atoms with Gasteiger partial charge in [0.25, 0.3) is 0 Å². The minimum Gasteiger partial charge on any atom is -0.492 e. The molecule has 0 aliphatic carbocycles. The average molecular weight is 449 g/mol. The van der Waals surface area contributed by atoms with E-state index < -0.39 is 0 Å². The van der Waals surface area contributed by atoms with Gasteiger partial charge >= 0.3 is 0 Å². The number of hydrogen-bond acceptors (Lipinski definition) is 6. The molecule has 1 aliphatic heterocycles. The molecule has 0 bridgehead atoms. The molecule has 168 valence electrons. The Morgan fingerprint density at radius 3 is 2.55 bits per heavy atom. The summed E-state index contributed by atoms with van der Waals surface area (Å²) < 4.78 is 30.9. The second-order valence-electron chi connectivity index (χ2n) is 6.86. The molecule has 1 aliphatic rings. The Kier molecular flexibility index (Phi) is 8.85. The summed E-state index contributed by atoms with van der Waals surface area (Å²) in [5.74, 6) is 1.34. The van der Waals surface area contributed by atoms with E-state index in [9.17, 15) is 9.18 Å². The monoisotopic (exact) mass is 448 g/mol. The van der Waals surface area contributed by atoms with E-state index in [1.165, 1.54) is 17.8 Å². The van der Waals surface area contributed by atoms with Crippen molar-refractivity contribution in [2.75, 3.05) is 55.5 Å². The summed E-state index contributed by atoms with van der Waals surface area (Å²) in [5.41, 5.74) is 1.50. The second-order valence-corrected chi connectivity index (χ2v) is 8.00. The summed E-state index contributed by atoms with van der Waals surface area (Å²) in [4.78, 5) is 15.3. The van der Waals surface area contributed by atoms with Gasteiger partial charge in [-0.3, -0.25) is 4.79 Å². The number of nitrogens with zero attached hydrogens (tertiary/aromatic N) is 1. The molecule has 0 aromatic heterocycles. The number of nitrogens with one attached hydrogen (secondary N) is 1. The van der Waals surface area contributed by atoms with Crippen LogP contribution in [0.15, 0.2) is 41.3 Å². The van der Waals surface area contributed by atoms with Crippen LogP contribution in [-0.4, -0.2) is 51.2 Å². The summed E-state index contributed by atoms with van der Waals surface area (Å²) in [6.07, 6.45) is 0.250. The van der Waals surface area contributed by atoms with Crippen molar-refractivity contribution >= 4 is 29.0 Å². The standard InChI is InChI=1S/C23H29FN2O4S/c1-3-29-20-16-19(26-10-12-28-13-11-26)21(30-4-2)15-18(20)25-23(27)9-14-31-22-8-6-5-7-17(22)24/h5-8,15-16H,3-4,9-14H2,1-2H3,(H,25,27). The highest BCUT2D eigenvalue weighted by Crippen LogP contribution is 2.39. The van der Waals surface area contributed by atoms with Crippen molar-refractivity contribution in [1.82, 2.24) is 0 Å². The third-order valence-electron chi connectivity index (χ3n) is 4.71. The molecular formula is C23H29FN2O4S. The van der Waals surface area contributed by atoms with Gasteiger partial charge in [0.15, 0.2) is 0 Å². The SMILES string of the molecule is CCOc1cc(N2CCOCC2)c(OCC)cc1NC(=O)CCSc1ccccc1F. The number of ether oxygens (including phenoxy) is 3. The van der Waals surface area contributed by atoms with Crippen LogP contribution in [0.5, 0.6) is 11.5 Å². The maximum absolute atomic E-state index is 13.7. The molecule has 0 saturated carbocycles. The lowest BCUT2D eigenvalue weighted by Crippen LogP contribution is -2.36. The predicted octanol–water partition coefficient (Wildman–Crippen LogP) is 4.58. The number of thioether (sulfide) groups is 1. The molecular weight excluding hydrogens is 419 g/mol. The van der Waals surface area contributed by atoms with Crippen molar-refractivity contribution in [2.45, 2.75) is 25.2 Å². The minimum absolute atomic E-state index is 0.161. The molecule has 0 unspecified atom stereocenters. The maximum Gasteiger partial charge on any atom is 0.225 e. The zero-order valence-corrected chi connectivity index (χ0v) is 18.8. The van der Waals surface area contributed by atoms with E-state index in [4.69, 9.17) is 14.2 Å². The zero-order chi connectivity index (χ0) is 22.1. The van der Waals surface area contributed by atoms with Crippen LogP contribution in [0.1, 0.15) is 20.3 Å². The molecule has 1 fully saturated rings. The summed E-state index contributed by atoms with van der Waals surface area (Å²) in [6, 6.07) is 10.3. The fourth-order valence-electron chi connectivity index (χ4n) is 3.27. The Morgan fingerprint density at radius 2 is 1.84 bits per heavy atom. The highest BCUT2D eigenvalue weighted by atomic mass is 32.2. The Hall–Kier alpha value is -2.45. The molecule has 0 spiro atoms. The second kappa shape index (κ2) is 11.8. The van der Waals surface area contributed by atoms with E-state index in [1.807, 2.05) is 26.0 Å². The average Bonchev–Trinajstić information content (AvgIpc) is 2.77. The van der Waals surface area contributed by atoms with Gasteiger partial charge < -0.3 is 24.4 Å². The molecule has 3 rings (SSSR count). The molecule has 31 heavy (non-hydrogen) atoms. The molecule has 1 amide bonds. The number of anilines is 2. The van der Waals surface area contributed by atoms with Gasteiger partial charge in [-0.25, -0.2) is 4.39 Å². The largest absolute Gasteiger partial charge is 0.492 e. The third-order valence-corrected chi connectivity index (χ3v) is 5.76. The number of rotatable bonds is 10. The molecule has 6 nitrogen and oxygen atoms in total. The fraction of sp³-hybridized carbons (Fsp3) is 0.435. The van der Waals surface area contributed by atoms with Gasteiger partial charge in [-0.2, -0.15) is 0 Å². The molecule has 1 saturated heterocycles. The van der Waals surface area contributed by atoms with Crippen LogP contribution in [0.4, 0.5) is 15.8 Å². The van der Waals surface area contributed by atoms with E-state index in [-0.39, 0.29) is 18.1 Å². The number of amides is 1. The molecule has 2 aromatic rings. The fourth-order valence-corrected chi connectivity index (χ4v) is 4.16. The molecule has 0 atom stereocenters. The highest BCUT2D eigenvalue weighted by molar-refractivity contribution is 7.99. The van der Waals surface area contributed by atoms with Crippen molar-refractivity contribution in [1.29, 1.82) is 0 Å². The van der Waals surface area contributed by atoms with E-state index in [2.05, 4.69) is 10.2 Å². The van der Waals surface area contributed by atoms with Crippen LogP contribution in [0, 0.1) is 5.82 Å². The van der Waals surface area contributed by atoms with E-state index in [0.29, 0.717) is 54.3 Å². The van der Waals surface area contributed by atoms with Gasteiger partial charge in [-0.15, -0.1) is 11.8 Å². The van der Waals surface area contributed by atoms with Crippen LogP contribution >= 0.6 is 11.8 Å². The van der Waals surface area contributed by atoms with E-state index in [1.54, 1.807) is 18.2 Å². The van der Waals surface area contributed by atoms with Crippen LogP contribution in [0.25, 0.3) is 0 Å². The van der Waals surface area contributed by atoms with E-state index in [0.717, 1.165) is 18.8 Å². The summed E-state index contributed by atoms with van der Waals surface area (Å²) in [5, 5.41) is 2.93. The lowest BCUT2D eigenvalue weighted by molar-refractivity contribution is -0.115. The molecule has 0 radical (unpaired) electrons. The normalized spacial score (nSPS) is 13.7. The van der Waals surface area contributed by atoms with Crippen LogP contribution in [-0.2, 0) is 9.53 Å². The van der Waals surface area contributed by atoms with Crippen LogP contribution in [0.3, 0.4) is 0 Å². The minimum atomic E-state index is -0.272. The number of carbonyl (C=O) groups excluding carboxylic acids is 1.